The third-order valence-corrected chi connectivity index (χ3v) is 5.33. The molecule has 1 saturated heterocycles. The normalized spacial score (nSPS) is 17.8. The van der Waals surface area contributed by atoms with Crippen LogP contribution in [0.1, 0.15) is 35.6 Å². The maximum absolute atomic E-state index is 4.65. The molecule has 0 spiro atoms. The highest BCUT2D eigenvalue weighted by atomic mass is 15.3. The van der Waals surface area contributed by atoms with E-state index < -0.39 is 0 Å². The molecule has 0 aliphatic carbocycles. The van der Waals surface area contributed by atoms with Gasteiger partial charge < -0.3 is 4.57 Å². The lowest BCUT2D eigenvalue weighted by Gasteiger charge is -2.25. The van der Waals surface area contributed by atoms with E-state index in [9.17, 15) is 0 Å². The minimum atomic E-state index is 0.537. The molecule has 26 heavy (non-hydrogen) atoms. The highest BCUT2D eigenvalue weighted by Crippen LogP contribution is 2.22. The molecule has 5 heteroatoms. The van der Waals surface area contributed by atoms with Gasteiger partial charge in [-0.3, -0.25) is 9.58 Å². The summed E-state index contributed by atoms with van der Waals surface area (Å²) in [5, 5.41) is 4.65. The number of likely N-dealkylation sites (tertiary alicyclic amines) is 1. The van der Waals surface area contributed by atoms with Gasteiger partial charge in [0.05, 0.1) is 18.8 Å². The molecule has 1 fully saturated rings. The van der Waals surface area contributed by atoms with Gasteiger partial charge in [-0.2, -0.15) is 5.10 Å². The van der Waals surface area contributed by atoms with Crippen molar-refractivity contribution in [3.05, 3.63) is 71.6 Å². The summed E-state index contributed by atoms with van der Waals surface area (Å²) in [5.74, 6) is 1.15. The summed E-state index contributed by atoms with van der Waals surface area (Å²) in [5.41, 5.74) is 3.66. The molecule has 1 aliphatic rings. The van der Waals surface area contributed by atoms with Crippen molar-refractivity contribution in [2.45, 2.75) is 52.4 Å². The monoisotopic (exact) mass is 349 g/mol. The van der Waals surface area contributed by atoms with Gasteiger partial charge in [0.15, 0.2) is 0 Å². The molecule has 1 atom stereocenters. The highest BCUT2D eigenvalue weighted by Gasteiger charge is 2.26. The van der Waals surface area contributed by atoms with Gasteiger partial charge in [-0.1, -0.05) is 30.3 Å². The van der Waals surface area contributed by atoms with Gasteiger partial charge in [0, 0.05) is 30.7 Å². The zero-order chi connectivity index (χ0) is 17.9. The van der Waals surface area contributed by atoms with Crippen LogP contribution in [0.25, 0.3) is 0 Å². The summed E-state index contributed by atoms with van der Waals surface area (Å²) in [6, 6.07) is 13.3. The third-order valence-electron chi connectivity index (χ3n) is 5.33. The number of aromatic nitrogens is 4. The molecule has 3 aromatic rings. The molecule has 1 aromatic carbocycles. The SMILES string of the molecule is Cc1cc(C)n(C[C@@H]2CCCN2Cc2nccn2Cc2ccccc2)n1. The maximum atomic E-state index is 4.65. The fourth-order valence-corrected chi connectivity index (χ4v) is 3.97. The maximum Gasteiger partial charge on any atom is 0.123 e. The van der Waals surface area contributed by atoms with Crippen LogP contribution in [-0.2, 0) is 19.6 Å². The second-order valence-electron chi connectivity index (χ2n) is 7.33. The van der Waals surface area contributed by atoms with Crippen LogP contribution in [0, 0.1) is 13.8 Å². The van der Waals surface area contributed by atoms with Crippen molar-refractivity contribution in [1.82, 2.24) is 24.2 Å². The van der Waals surface area contributed by atoms with Crippen molar-refractivity contribution in [3.63, 3.8) is 0 Å². The van der Waals surface area contributed by atoms with E-state index >= 15 is 0 Å². The lowest BCUT2D eigenvalue weighted by molar-refractivity contribution is 0.211. The molecule has 0 unspecified atom stereocenters. The van der Waals surface area contributed by atoms with E-state index in [4.69, 9.17) is 0 Å². The topological polar surface area (TPSA) is 38.9 Å². The molecule has 0 radical (unpaired) electrons. The van der Waals surface area contributed by atoms with Crippen molar-refractivity contribution in [1.29, 1.82) is 0 Å². The minimum absolute atomic E-state index is 0.537. The van der Waals surface area contributed by atoms with Gasteiger partial charge in [0.1, 0.15) is 5.82 Å². The van der Waals surface area contributed by atoms with Gasteiger partial charge in [-0.05, 0) is 44.9 Å². The zero-order valence-electron chi connectivity index (χ0n) is 15.7. The Morgan fingerprint density at radius 3 is 2.73 bits per heavy atom. The van der Waals surface area contributed by atoms with E-state index in [0.29, 0.717) is 6.04 Å². The largest absolute Gasteiger partial charge is 0.329 e. The number of nitrogens with zero attached hydrogens (tertiary/aromatic N) is 5. The van der Waals surface area contributed by atoms with E-state index in [1.165, 1.54) is 24.1 Å². The Balaban J connectivity index is 1.45. The lowest BCUT2D eigenvalue weighted by atomic mass is 10.2. The van der Waals surface area contributed by atoms with Gasteiger partial charge in [0.25, 0.3) is 0 Å². The number of hydrogen-bond donors (Lipinski definition) is 0. The van der Waals surface area contributed by atoms with Crippen molar-refractivity contribution in [2.75, 3.05) is 6.54 Å². The Bertz CT molecular complexity index is 848. The second kappa shape index (κ2) is 7.46. The standard InChI is InChI=1S/C21H27N5/c1-17-13-18(2)26(23-17)15-20-9-6-11-24(20)16-21-22-10-12-25(21)14-19-7-4-3-5-8-19/h3-5,7-8,10,12-13,20H,6,9,11,14-16H2,1-2H3/t20-/m0/s1. The molecule has 2 aromatic heterocycles. The molecule has 136 valence electrons. The van der Waals surface area contributed by atoms with Crippen LogP contribution in [0.15, 0.2) is 48.8 Å². The summed E-state index contributed by atoms with van der Waals surface area (Å²) in [6.45, 7) is 8.11. The van der Waals surface area contributed by atoms with Gasteiger partial charge in [-0.15, -0.1) is 0 Å². The Labute approximate surface area is 155 Å². The molecule has 4 rings (SSSR count). The summed E-state index contributed by atoms with van der Waals surface area (Å²) in [7, 11) is 0. The van der Waals surface area contributed by atoms with E-state index in [-0.39, 0.29) is 0 Å². The number of hydrogen-bond acceptors (Lipinski definition) is 3. The van der Waals surface area contributed by atoms with Crippen molar-refractivity contribution >= 4 is 0 Å². The first-order valence-electron chi connectivity index (χ1n) is 9.48. The number of benzene rings is 1. The van der Waals surface area contributed by atoms with Crippen LogP contribution in [0.3, 0.4) is 0 Å². The van der Waals surface area contributed by atoms with Gasteiger partial charge in [0.2, 0.25) is 0 Å². The molecule has 1 aliphatic heterocycles. The zero-order valence-corrected chi connectivity index (χ0v) is 15.7. The molecule has 3 heterocycles. The first-order valence-corrected chi connectivity index (χ1v) is 9.48. The minimum Gasteiger partial charge on any atom is -0.329 e. The van der Waals surface area contributed by atoms with Crippen LogP contribution in [0.2, 0.25) is 0 Å². The molecule has 0 saturated carbocycles. The van der Waals surface area contributed by atoms with Crippen LogP contribution in [0.5, 0.6) is 0 Å². The summed E-state index contributed by atoms with van der Waals surface area (Å²) in [4.78, 5) is 7.21. The van der Waals surface area contributed by atoms with E-state index in [2.05, 4.69) is 80.7 Å². The Hall–Kier alpha value is -2.40. The van der Waals surface area contributed by atoms with E-state index in [1.807, 2.05) is 6.20 Å². The van der Waals surface area contributed by atoms with Crippen molar-refractivity contribution in [2.24, 2.45) is 0 Å². The Morgan fingerprint density at radius 2 is 1.96 bits per heavy atom. The Kier molecular flexibility index (Phi) is 4.89. The van der Waals surface area contributed by atoms with Crippen LogP contribution >= 0.6 is 0 Å². The molecule has 5 nitrogen and oxygen atoms in total. The van der Waals surface area contributed by atoms with E-state index in [1.54, 1.807) is 0 Å². The fourth-order valence-electron chi connectivity index (χ4n) is 3.97. The average molecular weight is 349 g/mol. The number of aryl methyl sites for hydroxylation is 2. The number of imidazole rings is 1. The predicted octanol–water partition coefficient (Wildman–Crippen LogP) is 3.41. The van der Waals surface area contributed by atoms with Gasteiger partial charge >= 0.3 is 0 Å². The highest BCUT2D eigenvalue weighted by molar-refractivity contribution is 5.16. The molecule has 0 N–H and O–H groups in total. The first-order chi connectivity index (χ1) is 12.7. The summed E-state index contributed by atoms with van der Waals surface area (Å²) >= 11 is 0. The molecular formula is C21H27N5. The molecule has 0 amide bonds. The average Bonchev–Trinajstić information content (AvgIpc) is 3.33. The van der Waals surface area contributed by atoms with Crippen LogP contribution < -0.4 is 0 Å². The fraction of sp³-hybridized carbons (Fsp3) is 0.429. The lowest BCUT2D eigenvalue weighted by Crippen LogP contribution is -2.34. The Morgan fingerprint density at radius 1 is 1.12 bits per heavy atom. The summed E-state index contributed by atoms with van der Waals surface area (Å²) < 4.78 is 4.43. The van der Waals surface area contributed by atoms with Crippen molar-refractivity contribution in [3.8, 4) is 0 Å². The van der Waals surface area contributed by atoms with Gasteiger partial charge in [-0.25, -0.2) is 4.98 Å². The number of rotatable bonds is 6. The van der Waals surface area contributed by atoms with Crippen LogP contribution in [0.4, 0.5) is 0 Å². The van der Waals surface area contributed by atoms with Crippen molar-refractivity contribution < 1.29 is 0 Å². The predicted molar refractivity (Wildman–Crippen MR) is 103 cm³/mol. The molecule has 0 bridgehead atoms. The second-order valence-corrected chi connectivity index (χ2v) is 7.33. The first kappa shape index (κ1) is 17.0. The van der Waals surface area contributed by atoms with E-state index in [0.717, 1.165) is 37.7 Å². The smallest absolute Gasteiger partial charge is 0.123 e. The third kappa shape index (κ3) is 3.73. The quantitative estimate of drug-likeness (QED) is 0.684. The van der Waals surface area contributed by atoms with Crippen LogP contribution in [-0.4, -0.2) is 36.8 Å². The summed E-state index contributed by atoms with van der Waals surface area (Å²) in [6.07, 6.45) is 6.50. The molecular weight excluding hydrogens is 322 g/mol.